The van der Waals surface area contributed by atoms with Crippen LogP contribution < -0.4 is 28.6 Å². The van der Waals surface area contributed by atoms with Crippen molar-refractivity contribution in [2.45, 2.75) is 316 Å². The Kier molecular flexibility index (Phi) is 24.0. The van der Waals surface area contributed by atoms with Crippen LogP contribution in [0.15, 0.2) is 183 Å². The summed E-state index contributed by atoms with van der Waals surface area (Å²) in [5.74, 6) is 5.65. The molecule has 16 aliphatic rings. The van der Waals surface area contributed by atoms with Gasteiger partial charge in [-0.2, -0.15) is 0 Å². The van der Waals surface area contributed by atoms with Gasteiger partial charge >= 0.3 is 0 Å². The minimum Gasteiger partial charge on any atom is -0.487 e. The molecule has 5 spiro atoms. The van der Waals surface area contributed by atoms with Crippen LogP contribution in [0.3, 0.4) is 0 Å². The number of piperidine rings is 1. The van der Waals surface area contributed by atoms with E-state index >= 15 is 0 Å². The molecule has 5 atom stereocenters. The van der Waals surface area contributed by atoms with Gasteiger partial charge in [-0.1, -0.05) is 129 Å². The van der Waals surface area contributed by atoms with Crippen molar-refractivity contribution in [3.8, 4) is 56.7 Å². The summed E-state index contributed by atoms with van der Waals surface area (Å²) >= 11 is 0. The molecule has 668 valence electrons. The third-order valence-electron chi connectivity index (χ3n) is 34.0. The highest BCUT2D eigenvalue weighted by atomic mass is 16.5. The van der Waals surface area contributed by atoms with E-state index in [4.69, 9.17) is 23.7 Å². The van der Waals surface area contributed by atoms with Gasteiger partial charge < -0.3 is 57.5 Å². The van der Waals surface area contributed by atoms with Gasteiger partial charge in [0.2, 0.25) is 0 Å². The molecule has 14 heterocycles. The minimum absolute atomic E-state index is 0.0104. The van der Waals surface area contributed by atoms with E-state index in [1.54, 1.807) is 0 Å². The van der Waals surface area contributed by atoms with E-state index in [-0.39, 0.29) is 28.0 Å². The van der Waals surface area contributed by atoms with E-state index in [1.165, 1.54) is 362 Å². The molecule has 0 radical (unpaired) electrons. The molecule has 11 fully saturated rings. The number of benzene rings is 7. The van der Waals surface area contributed by atoms with Gasteiger partial charge in [0, 0.05) is 176 Å². The zero-order valence-corrected chi connectivity index (χ0v) is 76.6. The average molecular weight is 1710 g/mol. The van der Waals surface area contributed by atoms with Crippen molar-refractivity contribution in [3.63, 3.8) is 0 Å². The third kappa shape index (κ3) is 18.0. The number of aromatic nitrogens is 3. The highest BCUT2D eigenvalue weighted by Gasteiger charge is 2.48. The molecule has 14 nitrogen and oxygen atoms in total. The van der Waals surface area contributed by atoms with Gasteiger partial charge in [-0.15, -0.1) is 0 Å². The first kappa shape index (κ1) is 83.9. The number of aryl methyl sites for hydroxylation is 2. The zero-order chi connectivity index (χ0) is 84.9. The monoisotopic (exact) mass is 1700 g/mol. The van der Waals surface area contributed by atoms with E-state index in [9.17, 15) is 0 Å². The predicted molar refractivity (Wildman–Crippen MR) is 515 cm³/mol. The van der Waals surface area contributed by atoms with Gasteiger partial charge in [-0.25, -0.2) is 4.98 Å². The van der Waals surface area contributed by atoms with Crippen LogP contribution >= 0.6 is 0 Å². The van der Waals surface area contributed by atoms with Gasteiger partial charge in [0.25, 0.3) is 0 Å². The number of rotatable bonds is 9. The number of anilines is 1. The summed E-state index contributed by atoms with van der Waals surface area (Å²) in [6.07, 6.45) is 55.4. The lowest BCUT2D eigenvalue weighted by molar-refractivity contribution is 0.0691. The number of ether oxygens (including phenoxy) is 5. The molecule has 14 heteroatoms. The summed E-state index contributed by atoms with van der Waals surface area (Å²) in [7, 11) is 0. The molecule has 0 bridgehead atoms. The topological polar surface area (TPSA) is 87.8 Å². The molecule has 0 N–H and O–H groups in total. The van der Waals surface area contributed by atoms with Crippen LogP contribution in [-0.4, -0.2) is 175 Å². The van der Waals surface area contributed by atoms with E-state index < -0.39 is 0 Å². The van der Waals surface area contributed by atoms with Crippen LogP contribution in [0, 0.1) is 13.8 Å². The van der Waals surface area contributed by atoms with Crippen LogP contribution in [0.2, 0.25) is 0 Å². The SMILES string of the molecule is Cc1ccc(-c2ccc3c(c2)OC2(CCCN(C4CCC4)CC2)C3)cc1.Cc1ccc2c(c1)OC1(CCCN(C3CCC3)CC1)C2.c1cc2c(cc1N1CCCCC1)OC1(CCCN(C3CCC3)CC1)C2.c1cc2ccc(-c3ccc4c(c3)OC3(CCCN(C5CCC5)CC3)C4)cn2c1.c1ccc2c(c1)ncn2-c1ccc2c(c1)OC1(CCCN(C3CCC3)CC1)C2. The molecule has 5 aliphatic carbocycles. The lowest BCUT2D eigenvalue weighted by Gasteiger charge is -2.37. The maximum Gasteiger partial charge on any atom is 0.125 e. The van der Waals surface area contributed by atoms with Crippen LogP contribution in [0.1, 0.15) is 251 Å². The smallest absolute Gasteiger partial charge is 0.125 e. The number of fused-ring (bicyclic) bond motifs is 7. The van der Waals surface area contributed by atoms with Gasteiger partial charge in [-0.3, -0.25) is 4.57 Å². The number of likely N-dealkylation sites (tertiary alicyclic amines) is 5. The van der Waals surface area contributed by atoms with Crippen LogP contribution in [0.5, 0.6) is 28.7 Å². The Morgan fingerprint density at radius 1 is 0.291 bits per heavy atom. The molecule has 26 rings (SSSR count). The Hall–Kier alpha value is -8.63. The minimum atomic E-state index is 0.0104. The molecule has 5 saturated carbocycles. The van der Waals surface area contributed by atoms with Crippen molar-refractivity contribution < 1.29 is 23.7 Å². The fourth-order valence-electron chi connectivity index (χ4n) is 25.0. The molecule has 5 unspecified atom stereocenters. The number of hydrogen-bond acceptors (Lipinski definition) is 12. The number of imidazole rings is 1. The summed E-state index contributed by atoms with van der Waals surface area (Å²) in [6, 6.07) is 64.1. The van der Waals surface area contributed by atoms with Gasteiger partial charge in [0.15, 0.2) is 0 Å². The molecular weight excluding hydrogens is 1560 g/mol. The normalized spacial score (nSPS) is 27.4. The van der Waals surface area contributed by atoms with Gasteiger partial charge in [0.05, 0.1) is 16.7 Å². The van der Waals surface area contributed by atoms with E-state index in [1.807, 2.05) is 12.4 Å². The van der Waals surface area contributed by atoms with Crippen molar-refractivity contribution in [2.75, 3.05) is 83.4 Å². The molecule has 0 amide bonds. The molecular formula is C113H141N9O5. The Labute approximate surface area is 757 Å². The fourth-order valence-corrected chi connectivity index (χ4v) is 25.0. The number of para-hydroxylation sites is 2. The molecule has 10 aromatic rings. The Morgan fingerprint density at radius 2 is 0.661 bits per heavy atom. The summed E-state index contributed by atoms with van der Waals surface area (Å²) in [4.78, 5) is 20.8. The average Bonchev–Trinajstić information content (AvgIpc) is 1.64. The van der Waals surface area contributed by atoms with Crippen molar-refractivity contribution in [3.05, 3.63) is 221 Å². The summed E-state index contributed by atoms with van der Waals surface area (Å²) in [6.45, 7) is 19.1. The fraction of sp³-hybridized carbons (Fsp3) is 0.549. The first-order chi connectivity index (χ1) is 62.3. The van der Waals surface area contributed by atoms with Gasteiger partial charge in [-0.05, 0) is 311 Å². The maximum atomic E-state index is 6.70. The Bertz CT molecular complexity index is 5500. The van der Waals surface area contributed by atoms with Crippen LogP contribution in [-0.2, 0) is 32.1 Å². The highest BCUT2D eigenvalue weighted by molar-refractivity contribution is 5.77. The summed E-state index contributed by atoms with van der Waals surface area (Å²) in [5.41, 5.74) is 20.9. The Morgan fingerprint density at radius 3 is 1.10 bits per heavy atom. The Balaban J connectivity index is 0.0000000941. The lowest BCUT2D eigenvalue weighted by atomic mass is 9.89. The van der Waals surface area contributed by atoms with Crippen molar-refractivity contribution in [2.24, 2.45) is 0 Å². The van der Waals surface area contributed by atoms with Gasteiger partial charge in [0.1, 0.15) is 63.1 Å². The summed E-state index contributed by atoms with van der Waals surface area (Å²) in [5, 5.41) is 0. The molecule has 11 aliphatic heterocycles. The molecule has 7 aromatic carbocycles. The highest BCUT2D eigenvalue weighted by Crippen LogP contribution is 2.51. The molecule has 3 aromatic heterocycles. The molecule has 6 saturated heterocycles. The standard InChI is InChI=1S/C25H28N2O.C24H27N3O.C24H29NO.C22H32N2O.C18H25NO/c1-4-22(5-1)26-14-3-11-25(12-15-26)17-20-8-7-19(16-24(20)28-25)21-9-10-23-6-2-13-27(23)18-21;1-2-8-22-21(7-1)25-17-27(22)20-10-9-18-16-24(28-23(18)15-20)11-4-13-26(14-12-24)19-5-3-6-19;1-18-6-8-19(9-7-18)20-10-11-21-17-24(26-23(21)16-20)12-3-14-25(15-13-24)22-4-2-5-22;1-2-12-23(13-3-1)20-9-8-18-17-22(25-21(18)16-20)10-5-14-24(15-11-22)19-6-4-7-19;1-14-6-7-15-13-18(20-17(15)12-14)8-3-10-19(11-9-18)16-4-2-5-16/h2,6-10,13,16,18,22H,1,3-5,11-12,14-15,17H2;1-2,7-10,15,17,19H,3-6,11-14,16H2;6-11,16,22H,2-5,12-15,17H2,1H3;8-9,16,19H,1-7,10-15,17H2;6-7,12,16H,2-5,8-11,13H2,1H3. The largest absolute Gasteiger partial charge is 0.487 e. The zero-order valence-electron chi connectivity index (χ0n) is 76.6. The number of hydrogen-bond donors (Lipinski definition) is 0. The quantitative estimate of drug-likeness (QED) is 0.138. The van der Waals surface area contributed by atoms with Crippen LogP contribution in [0.25, 0.3) is 44.5 Å². The molecule has 127 heavy (non-hydrogen) atoms. The lowest BCUT2D eigenvalue weighted by Crippen LogP contribution is -2.42. The maximum absolute atomic E-state index is 6.70. The van der Waals surface area contributed by atoms with E-state index in [0.29, 0.717) is 0 Å². The van der Waals surface area contributed by atoms with Crippen molar-refractivity contribution in [1.82, 2.24) is 38.5 Å². The third-order valence-corrected chi connectivity index (χ3v) is 34.0. The first-order valence-corrected chi connectivity index (χ1v) is 50.9. The second kappa shape index (κ2) is 36.3. The number of pyridine rings is 1. The van der Waals surface area contributed by atoms with E-state index in [2.05, 4.69) is 227 Å². The summed E-state index contributed by atoms with van der Waals surface area (Å²) < 4.78 is 37.5. The first-order valence-electron chi connectivity index (χ1n) is 50.9. The van der Waals surface area contributed by atoms with Crippen molar-refractivity contribution >= 4 is 22.2 Å². The van der Waals surface area contributed by atoms with E-state index in [0.717, 1.165) is 108 Å². The second-order valence-corrected chi connectivity index (χ2v) is 42.3. The second-order valence-electron chi connectivity index (χ2n) is 42.3. The number of nitrogens with zero attached hydrogens (tertiary/aromatic N) is 9. The predicted octanol–water partition coefficient (Wildman–Crippen LogP) is 23.5. The van der Waals surface area contributed by atoms with Crippen LogP contribution in [0.4, 0.5) is 5.69 Å². The van der Waals surface area contributed by atoms with Crippen molar-refractivity contribution in [1.29, 1.82) is 0 Å².